The molecule has 1 aromatic carbocycles. The molecular weight excluding hydrogens is 482 g/mol. The third-order valence-corrected chi connectivity index (χ3v) is 7.72. The maximum absolute atomic E-state index is 12.9. The van der Waals surface area contributed by atoms with E-state index in [1.807, 2.05) is 19.2 Å². The Morgan fingerprint density at radius 3 is 2.58 bits per heavy atom. The molecule has 10 nitrogen and oxygen atoms in total. The number of aliphatic imine (C=N–C) groups is 2. The van der Waals surface area contributed by atoms with Gasteiger partial charge in [-0.05, 0) is 70.9 Å². The Morgan fingerprint density at radius 2 is 1.92 bits per heavy atom. The van der Waals surface area contributed by atoms with Crippen LogP contribution in [0.4, 0.5) is 5.69 Å². The summed E-state index contributed by atoms with van der Waals surface area (Å²) in [6.07, 6.45) is 8.80. The van der Waals surface area contributed by atoms with E-state index in [0.29, 0.717) is 29.5 Å². The monoisotopic (exact) mass is 523 g/mol. The van der Waals surface area contributed by atoms with E-state index in [4.69, 9.17) is 9.73 Å². The van der Waals surface area contributed by atoms with Crippen LogP contribution in [0.5, 0.6) is 5.75 Å². The number of rotatable bonds is 8. The number of methoxy groups -OCH3 is 1. The van der Waals surface area contributed by atoms with Crippen LogP contribution >= 0.6 is 0 Å². The van der Waals surface area contributed by atoms with E-state index >= 15 is 0 Å². The Kier molecular flexibility index (Phi) is 9.04. The van der Waals surface area contributed by atoms with Gasteiger partial charge in [0.1, 0.15) is 11.8 Å². The number of ether oxygens (including phenoxy) is 1. The van der Waals surface area contributed by atoms with Crippen molar-refractivity contribution in [2.24, 2.45) is 9.98 Å². The number of carbonyl (C=O) groups excluding carboxylic acids is 2. The minimum absolute atomic E-state index is 0.0372. The molecule has 0 spiro atoms. The molecule has 2 amide bonds. The van der Waals surface area contributed by atoms with Gasteiger partial charge in [0.25, 0.3) is 5.91 Å². The first kappa shape index (κ1) is 27.6. The summed E-state index contributed by atoms with van der Waals surface area (Å²) < 4.78 is 5.62. The summed E-state index contributed by atoms with van der Waals surface area (Å²) in [7, 11) is 3.68. The zero-order valence-corrected chi connectivity index (χ0v) is 23.2. The number of carbonyl (C=O) groups is 2. The summed E-state index contributed by atoms with van der Waals surface area (Å²) in [4.78, 5) is 41.4. The van der Waals surface area contributed by atoms with Gasteiger partial charge >= 0.3 is 0 Å². The van der Waals surface area contributed by atoms with Crippen molar-refractivity contribution in [3.63, 3.8) is 0 Å². The summed E-state index contributed by atoms with van der Waals surface area (Å²) >= 11 is 0. The van der Waals surface area contributed by atoms with Crippen LogP contribution in [0.1, 0.15) is 56.8 Å². The van der Waals surface area contributed by atoms with E-state index in [2.05, 4.69) is 46.3 Å². The molecule has 2 N–H and O–H groups in total. The lowest BCUT2D eigenvalue weighted by molar-refractivity contribution is -0.127. The fraction of sp³-hybridized carbons (Fsp3) is 0.571. The first-order chi connectivity index (χ1) is 18.4. The Bertz CT molecular complexity index is 1090. The van der Waals surface area contributed by atoms with Crippen molar-refractivity contribution in [3.05, 3.63) is 36.0 Å². The molecule has 1 fully saturated rings. The number of anilines is 1. The highest BCUT2D eigenvalue weighted by atomic mass is 16.5. The second-order valence-electron chi connectivity index (χ2n) is 10.1. The predicted molar refractivity (Wildman–Crippen MR) is 151 cm³/mol. The highest BCUT2D eigenvalue weighted by molar-refractivity contribution is 6.03. The summed E-state index contributed by atoms with van der Waals surface area (Å²) in [6.45, 7) is 8.80. The molecule has 0 bridgehead atoms. The Hall–Kier alpha value is -3.40. The molecule has 4 rings (SSSR count). The van der Waals surface area contributed by atoms with Crippen LogP contribution in [0.3, 0.4) is 0 Å². The van der Waals surface area contributed by atoms with Gasteiger partial charge in [-0.1, -0.05) is 13.8 Å². The van der Waals surface area contributed by atoms with Gasteiger partial charge < -0.3 is 30.1 Å². The maximum atomic E-state index is 12.9. The fourth-order valence-corrected chi connectivity index (χ4v) is 5.38. The molecule has 38 heavy (non-hydrogen) atoms. The van der Waals surface area contributed by atoms with Crippen LogP contribution in [-0.2, 0) is 4.79 Å². The molecule has 3 aliphatic rings. The number of amides is 2. The topological polar surface area (TPSA) is 102 Å². The van der Waals surface area contributed by atoms with E-state index in [1.165, 1.54) is 0 Å². The van der Waals surface area contributed by atoms with Gasteiger partial charge in [0.15, 0.2) is 6.17 Å². The third-order valence-electron chi connectivity index (χ3n) is 7.72. The predicted octanol–water partition coefficient (Wildman–Crippen LogP) is 2.93. The summed E-state index contributed by atoms with van der Waals surface area (Å²) in [5.74, 6) is 0.826. The van der Waals surface area contributed by atoms with Crippen molar-refractivity contribution in [2.75, 3.05) is 39.1 Å². The number of fused-ring (bicyclic) bond motifs is 1. The quantitative estimate of drug-likeness (QED) is 0.543. The molecular formula is C28H41N7O3. The zero-order valence-electron chi connectivity index (χ0n) is 23.2. The second kappa shape index (κ2) is 12.4. The molecule has 0 aromatic heterocycles. The lowest BCUT2D eigenvalue weighted by Gasteiger charge is -2.40. The number of hydrogen-bond acceptors (Lipinski definition) is 8. The van der Waals surface area contributed by atoms with E-state index in [-0.39, 0.29) is 36.1 Å². The molecule has 2 atom stereocenters. The van der Waals surface area contributed by atoms with Crippen LogP contribution in [0.15, 0.2) is 40.5 Å². The smallest absolute Gasteiger partial charge is 0.251 e. The first-order valence-corrected chi connectivity index (χ1v) is 13.7. The maximum Gasteiger partial charge on any atom is 0.251 e. The number of guanidine groups is 1. The van der Waals surface area contributed by atoms with Gasteiger partial charge in [0.05, 0.1) is 12.8 Å². The molecule has 0 saturated carbocycles. The fourth-order valence-electron chi connectivity index (χ4n) is 5.38. The Balaban J connectivity index is 1.54. The number of nitrogens with zero attached hydrogens (tertiary/aromatic N) is 5. The molecule has 10 heteroatoms. The largest absolute Gasteiger partial charge is 0.495 e. The number of likely N-dealkylation sites (tertiary alicyclic amines) is 1. The minimum atomic E-state index is -0.298. The van der Waals surface area contributed by atoms with E-state index in [9.17, 15) is 9.59 Å². The first-order valence-electron chi connectivity index (χ1n) is 13.7. The zero-order chi connectivity index (χ0) is 27.2. The SMILES string of the molecule is CCC(CC)N1C=CC(=O)N(CC)C2C=NC(Nc3ccc(C(=O)NC4CCN(C)CC4)cc3OC)=NC21. The highest BCUT2D eigenvalue weighted by Gasteiger charge is 2.38. The van der Waals surface area contributed by atoms with Crippen molar-refractivity contribution in [1.82, 2.24) is 20.0 Å². The van der Waals surface area contributed by atoms with Gasteiger partial charge in [-0.2, -0.15) is 0 Å². The van der Waals surface area contributed by atoms with Gasteiger partial charge in [-0.15, -0.1) is 0 Å². The van der Waals surface area contributed by atoms with E-state index in [1.54, 1.807) is 36.4 Å². The number of piperidine rings is 1. The van der Waals surface area contributed by atoms with Gasteiger partial charge in [0, 0.05) is 42.7 Å². The van der Waals surface area contributed by atoms with Gasteiger partial charge in [-0.25, -0.2) is 9.98 Å². The lowest BCUT2D eigenvalue weighted by atomic mass is 10.0. The van der Waals surface area contributed by atoms with Gasteiger partial charge in [-0.3, -0.25) is 9.59 Å². The Morgan fingerprint density at radius 1 is 1.18 bits per heavy atom. The molecule has 3 aliphatic heterocycles. The third kappa shape index (κ3) is 6.01. The molecule has 0 aliphatic carbocycles. The van der Waals surface area contributed by atoms with E-state index in [0.717, 1.165) is 38.8 Å². The normalized spacial score (nSPS) is 22.3. The average molecular weight is 524 g/mol. The standard InChI is InChI=1S/C28H41N7O3/c1-6-21(7-2)35-16-13-25(36)34(8-3)23-18-29-28(32-26(23)35)31-22-10-9-19(17-24(22)38-5)27(37)30-20-11-14-33(4)15-12-20/h9-10,13,16-18,20-21,23,26H,6-8,11-12,14-15H2,1-5H3,(H,30,37)(H,31,32). The highest BCUT2D eigenvalue weighted by Crippen LogP contribution is 2.28. The van der Waals surface area contributed by atoms with Crippen molar-refractivity contribution >= 4 is 29.7 Å². The molecule has 206 valence electrons. The van der Waals surface area contributed by atoms with Crippen LogP contribution in [0.2, 0.25) is 0 Å². The van der Waals surface area contributed by atoms with Crippen molar-refractivity contribution in [1.29, 1.82) is 0 Å². The van der Waals surface area contributed by atoms with Gasteiger partial charge in [0.2, 0.25) is 11.9 Å². The number of benzene rings is 1. The molecule has 2 unspecified atom stereocenters. The number of likely N-dealkylation sites (N-methyl/N-ethyl adjacent to an activating group) is 1. The molecule has 1 saturated heterocycles. The summed E-state index contributed by atoms with van der Waals surface area (Å²) in [5.41, 5.74) is 1.21. The van der Waals surface area contributed by atoms with E-state index < -0.39 is 0 Å². The lowest BCUT2D eigenvalue weighted by Crippen LogP contribution is -2.54. The molecule has 1 aromatic rings. The molecule has 0 radical (unpaired) electrons. The Labute approximate surface area is 225 Å². The van der Waals surface area contributed by atoms with Crippen LogP contribution in [-0.4, -0.2) is 96.8 Å². The van der Waals surface area contributed by atoms with Crippen molar-refractivity contribution < 1.29 is 14.3 Å². The minimum Gasteiger partial charge on any atom is -0.495 e. The van der Waals surface area contributed by atoms with Crippen LogP contribution in [0, 0.1) is 0 Å². The van der Waals surface area contributed by atoms with Crippen LogP contribution < -0.4 is 15.4 Å². The second-order valence-corrected chi connectivity index (χ2v) is 10.1. The van der Waals surface area contributed by atoms with Crippen molar-refractivity contribution in [3.8, 4) is 5.75 Å². The van der Waals surface area contributed by atoms with Crippen molar-refractivity contribution in [2.45, 2.75) is 70.7 Å². The number of nitrogens with one attached hydrogen (secondary N) is 2. The van der Waals surface area contributed by atoms with Crippen LogP contribution in [0.25, 0.3) is 0 Å². The summed E-state index contributed by atoms with van der Waals surface area (Å²) in [5, 5.41) is 6.43. The number of hydrogen-bond donors (Lipinski definition) is 2. The average Bonchev–Trinajstić information content (AvgIpc) is 3.06. The molecule has 3 heterocycles. The summed E-state index contributed by atoms with van der Waals surface area (Å²) in [6, 6.07) is 5.51.